The summed E-state index contributed by atoms with van der Waals surface area (Å²) in [5.74, 6) is -1.28. The summed E-state index contributed by atoms with van der Waals surface area (Å²) in [6.07, 6.45) is 2.73. The van der Waals surface area contributed by atoms with Gasteiger partial charge in [-0.3, -0.25) is 14.6 Å². The molecule has 0 bridgehead atoms. The summed E-state index contributed by atoms with van der Waals surface area (Å²) in [6.45, 7) is 9.75. The summed E-state index contributed by atoms with van der Waals surface area (Å²) in [4.78, 5) is 30.6. The predicted molar refractivity (Wildman–Crippen MR) is 110 cm³/mol. The highest BCUT2D eigenvalue weighted by molar-refractivity contribution is 9.10. The van der Waals surface area contributed by atoms with Gasteiger partial charge in [-0.05, 0) is 36.5 Å². The van der Waals surface area contributed by atoms with Crippen LogP contribution >= 0.6 is 15.9 Å². The van der Waals surface area contributed by atoms with E-state index in [2.05, 4.69) is 36.4 Å². The Balaban J connectivity index is 2.15. The van der Waals surface area contributed by atoms with Crippen LogP contribution < -0.4 is 0 Å². The second kappa shape index (κ2) is 7.55. The van der Waals surface area contributed by atoms with Crippen LogP contribution in [0.3, 0.4) is 0 Å². The van der Waals surface area contributed by atoms with Gasteiger partial charge in [0.1, 0.15) is 12.5 Å². The summed E-state index contributed by atoms with van der Waals surface area (Å²) >= 11 is 3.50. The summed E-state index contributed by atoms with van der Waals surface area (Å²) in [7, 11) is 0. The quantitative estimate of drug-likeness (QED) is 0.499. The Morgan fingerprint density at radius 1 is 1.41 bits per heavy atom. The van der Waals surface area contributed by atoms with Crippen LogP contribution in [0.4, 0.5) is 0 Å². The Morgan fingerprint density at radius 3 is 2.81 bits per heavy atom. The van der Waals surface area contributed by atoms with Crippen molar-refractivity contribution in [1.29, 1.82) is 0 Å². The van der Waals surface area contributed by atoms with Gasteiger partial charge in [0, 0.05) is 33.8 Å². The van der Waals surface area contributed by atoms with E-state index in [-0.39, 0.29) is 29.7 Å². The molecule has 1 unspecified atom stereocenters. The summed E-state index contributed by atoms with van der Waals surface area (Å²) < 4.78 is 6.26. The lowest BCUT2D eigenvalue weighted by molar-refractivity contribution is -0.145. The van der Waals surface area contributed by atoms with Crippen LogP contribution in [-0.4, -0.2) is 24.1 Å². The second-order valence-corrected chi connectivity index (χ2v) is 8.90. The van der Waals surface area contributed by atoms with E-state index in [9.17, 15) is 9.59 Å². The molecule has 0 radical (unpaired) electrons. The Morgan fingerprint density at radius 2 is 2.15 bits per heavy atom. The molecule has 27 heavy (non-hydrogen) atoms. The average molecular weight is 430 g/mol. The smallest absolute Gasteiger partial charge is 0.315 e. The molecular formula is C22H24BrNO3. The third kappa shape index (κ3) is 3.98. The van der Waals surface area contributed by atoms with E-state index in [1.165, 1.54) is 0 Å². The van der Waals surface area contributed by atoms with Crippen molar-refractivity contribution in [1.82, 2.24) is 0 Å². The first-order chi connectivity index (χ1) is 12.7. The molecule has 2 aliphatic rings. The second-order valence-electron chi connectivity index (χ2n) is 7.98. The molecule has 142 valence electrons. The number of benzene rings is 1. The number of rotatable bonds is 4. The molecular weight excluding hydrogens is 406 g/mol. The highest BCUT2D eigenvalue weighted by Crippen LogP contribution is 2.48. The zero-order valence-corrected chi connectivity index (χ0v) is 17.5. The van der Waals surface area contributed by atoms with Crippen molar-refractivity contribution < 1.29 is 14.3 Å². The first kappa shape index (κ1) is 19.7. The molecule has 0 fully saturated rings. The van der Waals surface area contributed by atoms with Gasteiger partial charge in [0.2, 0.25) is 0 Å². The molecule has 0 saturated heterocycles. The van der Waals surface area contributed by atoms with Crippen molar-refractivity contribution in [3.63, 3.8) is 0 Å². The van der Waals surface area contributed by atoms with Crippen molar-refractivity contribution >= 4 is 33.4 Å². The highest BCUT2D eigenvalue weighted by Gasteiger charge is 2.45. The van der Waals surface area contributed by atoms with Gasteiger partial charge in [-0.1, -0.05) is 54.6 Å². The van der Waals surface area contributed by atoms with Gasteiger partial charge in [0.25, 0.3) is 0 Å². The van der Waals surface area contributed by atoms with E-state index in [0.717, 1.165) is 22.2 Å². The number of carbonyl (C=O) groups is 2. The van der Waals surface area contributed by atoms with Gasteiger partial charge in [0.15, 0.2) is 5.78 Å². The van der Waals surface area contributed by atoms with Gasteiger partial charge in [0.05, 0.1) is 0 Å². The third-order valence-corrected chi connectivity index (χ3v) is 5.60. The van der Waals surface area contributed by atoms with Crippen molar-refractivity contribution in [3.8, 4) is 0 Å². The fourth-order valence-electron chi connectivity index (χ4n) is 4.04. The summed E-state index contributed by atoms with van der Waals surface area (Å²) in [6, 6.07) is 7.78. The number of allylic oxidation sites excluding steroid dienone is 2. The number of ether oxygens (including phenoxy) is 1. The average Bonchev–Trinajstić information content (AvgIpc) is 2.57. The van der Waals surface area contributed by atoms with Crippen molar-refractivity contribution in [2.24, 2.45) is 16.3 Å². The van der Waals surface area contributed by atoms with Gasteiger partial charge in [-0.15, -0.1) is 0 Å². The molecule has 0 spiro atoms. The standard InChI is InChI=1S/C22H24BrNO3/c1-5-9-27-21(26)18-13(2)24-16-11-22(3,4)12-17(25)20(16)19(18)14-7-6-8-15(23)10-14/h5-8,10,18-19H,1,9,11-12H2,2-4H3/t18?,19-/m0/s1. The molecule has 4 nitrogen and oxygen atoms in total. The minimum atomic E-state index is -0.608. The molecule has 0 aromatic heterocycles. The molecule has 1 aromatic carbocycles. The van der Waals surface area contributed by atoms with Gasteiger partial charge in [-0.25, -0.2) is 0 Å². The van der Waals surface area contributed by atoms with Crippen LogP contribution in [0.25, 0.3) is 0 Å². The van der Waals surface area contributed by atoms with E-state index in [1.54, 1.807) is 6.08 Å². The zero-order valence-electron chi connectivity index (χ0n) is 15.9. The molecule has 0 N–H and O–H groups in total. The van der Waals surface area contributed by atoms with E-state index in [0.29, 0.717) is 17.7 Å². The van der Waals surface area contributed by atoms with Gasteiger partial charge in [-0.2, -0.15) is 0 Å². The van der Waals surface area contributed by atoms with Crippen LogP contribution in [0.1, 0.15) is 45.1 Å². The van der Waals surface area contributed by atoms with Crippen LogP contribution in [-0.2, 0) is 14.3 Å². The van der Waals surface area contributed by atoms with Crippen molar-refractivity contribution in [2.45, 2.75) is 39.5 Å². The normalized spacial score (nSPS) is 24.1. The maximum atomic E-state index is 13.1. The predicted octanol–water partition coefficient (Wildman–Crippen LogP) is 5.00. The Bertz CT molecular complexity index is 866. The van der Waals surface area contributed by atoms with Crippen LogP contribution in [0, 0.1) is 11.3 Å². The van der Waals surface area contributed by atoms with Crippen LogP contribution in [0.5, 0.6) is 0 Å². The van der Waals surface area contributed by atoms with Crippen molar-refractivity contribution in [2.75, 3.05) is 6.61 Å². The molecule has 1 aliphatic carbocycles. The fourth-order valence-corrected chi connectivity index (χ4v) is 4.46. The number of halogens is 1. The van der Waals surface area contributed by atoms with E-state index in [4.69, 9.17) is 9.73 Å². The van der Waals surface area contributed by atoms with Gasteiger partial charge < -0.3 is 4.74 Å². The lowest BCUT2D eigenvalue weighted by Crippen LogP contribution is -2.39. The number of esters is 1. The SMILES string of the molecule is C=CCOC(=O)C1C(C)=NC2=C(C(=O)CC(C)(C)C2)[C@H]1c1cccc(Br)c1. The summed E-state index contributed by atoms with van der Waals surface area (Å²) in [5, 5.41) is 0. The molecule has 1 heterocycles. The van der Waals surface area contributed by atoms with Crippen molar-refractivity contribution in [3.05, 3.63) is 58.2 Å². The maximum absolute atomic E-state index is 13.1. The molecule has 0 amide bonds. The molecule has 0 saturated carbocycles. The molecule has 5 heteroatoms. The molecule has 1 aromatic rings. The minimum Gasteiger partial charge on any atom is -0.461 e. The Hall–Kier alpha value is -2.01. The number of Topliss-reactive ketones (excluding diaryl/α,β-unsaturated/α-hetero) is 1. The third-order valence-electron chi connectivity index (χ3n) is 5.11. The summed E-state index contributed by atoms with van der Waals surface area (Å²) in [5.41, 5.74) is 2.96. The van der Waals surface area contributed by atoms with E-state index < -0.39 is 5.92 Å². The molecule has 2 atom stereocenters. The number of hydrogen-bond donors (Lipinski definition) is 0. The number of aliphatic imine (C=N–C) groups is 1. The first-order valence-electron chi connectivity index (χ1n) is 9.08. The Kier molecular flexibility index (Phi) is 5.52. The number of ketones is 1. The Labute approximate surface area is 168 Å². The van der Waals surface area contributed by atoms with Crippen LogP contribution in [0.15, 0.2) is 57.7 Å². The fraction of sp³-hybridized carbons (Fsp3) is 0.409. The largest absolute Gasteiger partial charge is 0.461 e. The monoisotopic (exact) mass is 429 g/mol. The maximum Gasteiger partial charge on any atom is 0.315 e. The molecule has 3 rings (SSSR count). The zero-order chi connectivity index (χ0) is 19.8. The molecule has 1 aliphatic heterocycles. The van der Waals surface area contributed by atoms with Crippen LogP contribution in [0.2, 0.25) is 0 Å². The van der Waals surface area contributed by atoms with E-state index >= 15 is 0 Å². The lowest BCUT2D eigenvalue weighted by atomic mass is 9.67. The minimum absolute atomic E-state index is 0.0731. The lowest BCUT2D eigenvalue weighted by Gasteiger charge is -2.39. The first-order valence-corrected chi connectivity index (χ1v) is 9.87. The number of hydrogen-bond acceptors (Lipinski definition) is 4. The topological polar surface area (TPSA) is 55.7 Å². The number of carbonyl (C=O) groups excluding carboxylic acids is 2. The highest BCUT2D eigenvalue weighted by atomic mass is 79.9. The van der Waals surface area contributed by atoms with E-state index in [1.807, 2.05) is 31.2 Å². The number of nitrogens with zero attached hydrogens (tertiary/aromatic N) is 1. The van der Waals surface area contributed by atoms with Gasteiger partial charge >= 0.3 is 5.97 Å².